The minimum atomic E-state index is -1.07. The van der Waals surface area contributed by atoms with Crippen molar-refractivity contribution in [2.45, 2.75) is 102 Å². The van der Waals surface area contributed by atoms with E-state index in [9.17, 15) is 24.9 Å². The van der Waals surface area contributed by atoms with Crippen molar-refractivity contribution < 1.29 is 44.2 Å². The molecule has 8 atom stereocenters. The summed E-state index contributed by atoms with van der Waals surface area (Å²) in [5, 5.41) is 39.4. The van der Waals surface area contributed by atoms with Crippen LogP contribution in [0.4, 0.5) is 0 Å². The number of unbranched alkanes of at least 4 members (excludes halogenated alkanes) is 2. The molecule has 0 aromatic carbocycles. The Morgan fingerprint density at radius 1 is 1.09 bits per heavy atom. The van der Waals surface area contributed by atoms with Crippen LogP contribution in [0.25, 0.3) is 0 Å². The van der Waals surface area contributed by atoms with E-state index in [1.165, 1.54) is 6.08 Å². The van der Waals surface area contributed by atoms with Crippen LogP contribution in [0.3, 0.4) is 0 Å². The van der Waals surface area contributed by atoms with E-state index in [1.807, 2.05) is 19.1 Å². The molecule has 0 saturated carbocycles. The van der Waals surface area contributed by atoms with Crippen molar-refractivity contribution in [2.24, 2.45) is 11.8 Å². The highest BCUT2D eigenvalue weighted by molar-refractivity contribution is 5.82. The van der Waals surface area contributed by atoms with Gasteiger partial charge in [-0.25, -0.2) is 4.79 Å². The number of aliphatic carboxylic acids is 1. The number of rotatable bonds is 15. The van der Waals surface area contributed by atoms with Crippen LogP contribution in [0.15, 0.2) is 23.8 Å². The third-order valence-corrected chi connectivity index (χ3v) is 6.76. The summed E-state index contributed by atoms with van der Waals surface area (Å²) in [6.45, 7) is 6.01. The lowest BCUT2D eigenvalue weighted by Crippen LogP contribution is -2.50. The predicted molar refractivity (Wildman–Crippen MR) is 129 cm³/mol. The minimum absolute atomic E-state index is 0.0131. The van der Waals surface area contributed by atoms with Crippen LogP contribution in [-0.4, -0.2) is 82.2 Å². The molecule has 35 heavy (non-hydrogen) atoms. The van der Waals surface area contributed by atoms with E-state index in [1.54, 1.807) is 13.8 Å². The Kier molecular flexibility index (Phi) is 12.4. The monoisotopic (exact) mass is 498 g/mol. The van der Waals surface area contributed by atoms with E-state index in [2.05, 4.69) is 0 Å². The van der Waals surface area contributed by atoms with Gasteiger partial charge in [0, 0.05) is 24.3 Å². The van der Waals surface area contributed by atoms with Gasteiger partial charge in [0.25, 0.3) is 0 Å². The van der Waals surface area contributed by atoms with Crippen LogP contribution in [0, 0.1) is 11.8 Å². The summed E-state index contributed by atoms with van der Waals surface area (Å²) in [6.07, 6.45) is 5.88. The number of hydrogen-bond acceptors (Lipinski definition) is 8. The van der Waals surface area contributed by atoms with Gasteiger partial charge in [0.1, 0.15) is 6.10 Å². The number of aliphatic hydroxyl groups excluding tert-OH is 3. The molecule has 0 aromatic heterocycles. The second kappa shape index (κ2) is 14.7. The first-order valence-corrected chi connectivity index (χ1v) is 12.6. The molecule has 0 spiro atoms. The summed E-state index contributed by atoms with van der Waals surface area (Å²) in [4.78, 5) is 22.5. The Labute approximate surface area is 207 Å². The summed E-state index contributed by atoms with van der Waals surface area (Å²) in [5.74, 6) is -1.50. The fourth-order valence-electron chi connectivity index (χ4n) is 4.31. The zero-order chi connectivity index (χ0) is 26.0. The molecule has 0 bridgehead atoms. The average molecular weight is 499 g/mol. The molecule has 2 saturated heterocycles. The fourth-order valence-corrected chi connectivity index (χ4v) is 4.31. The SMILES string of the molecule is C/C(=C\C(=O)OCCCC/C=C/CCC(=O)O)C[C@@H]1OC[C@H](C[C@@H]2O[C@@H]2[C@H](C)[C@H](C)O)[C@@H](O)[C@H]1O. The van der Waals surface area contributed by atoms with E-state index in [0.717, 1.165) is 12.8 Å². The summed E-state index contributed by atoms with van der Waals surface area (Å²) < 4.78 is 16.7. The maximum absolute atomic E-state index is 12.0. The first kappa shape index (κ1) is 29.5. The maximum atomic E-state index is 12.0. The van der Waals surface area contributed by atoms with E-state index in [0.29, 0.717) is 44.5 Å². The molecule has 0 unspecified atom stereocenters. The molecule has 4 N–H and O–H groups in total. The number of ether oxygens (including phenoxy) is 3. The maximum Gasteiger partial charge on any atom is 0.330 e. The molecule has 2 aliphatic rings. The van der Waals surface area contributed by atoms with Crippen LogP contribution in [0.1, 0.15) is 65.7 Å². The Morgan fingerprint density at radius 2 is 1.80 bits per heavy atom. The van der Waals surface area contributed by atoms with Crippen LogP contribution >= 0.6 is 0 Å². The van der Waals surface area contributed by atoms with Gasteiger partial charge in [0.05, 0.1) is 43.7 Å². The number of carbonyl (C=O) groups excluding carboxylic acids is 1. The van der Waals surface area contributed by atoms with Gasteiger partial charge in [0.2, 0.25) is 0 Å². The largest absolute Gasteiger partial charge is 0.481 e. The number of aliphatic hydroxyl groups is 3. The van der Waals surface area contributed by atoms with Crippen LogP contribution in [-0.2, 0) is 23.8 Å². The molecular formula is C26H42O9. The van der Waals surface area contributed by atoms with Crippen molar-refractivity contribution >= 4 is 11.9 Å². The van der Waals surface area contributed by atoms with Crippen LogP contribution < -0.4 is 0 Å². The molecule has 9 nitrogen and oxygen atoms in total. The molecular weight excluding hydrogens is 456 g/mol. The molecule has 2 aliphatic heterocycles. The highest BCUT2D eigenvalue weighted by atomic mass is 16.6. The molecule has 2 rings (SSSR count). The van der Waals surface area contributed by atoms with Crippen molar-refractivity contribution in [3.63, 3.8) is 0 Å². The standard InChI is InChI=1S/C26H42O9/c1-16(13-23(30)33-11-9-7-5-4-6-8-10-22(28)29)12-20-25(32)24(31)19(15-34-20)14-21-26(35-21)17(2)18(3)27/h4,6,13,17-21,24-27,31-32H,5,7-12,14-15H2,1-3H3,(H,28,29)/b6-4+,16-13+/t17-,18+,19+,20+,21+,24-,25+,26-/m1/s1. The zero-order valence-corrected chi connectivity index (χ0v) is 21.0. The molecule has 2 fully saturated rings. The molecule has 200 valence electrons. The van der Waals surface area contributed by atoms with Gasteiger partial charge in [-0.1, -0.05) is 24.6 Å². The first-order valence-electron chi connectivity index (χ1n) is 12.6. The van der Waals surface area contributed by atoms with Crippen molar-refractivity contribution in [1.29, 1.82) is 0 Å². The second-order valence-electron chi connectivity index (χ2n) is 9.85. The second-order valence-corrected chi connectivity index (χ2v) is 9.85. The smallest absolute Gasteiger partial charge is 0.330 e. The highest BCUT2D eigenvalue weighted by Gasteiger charge is 2.48. The molecule has 0 amide bonds. The molecule has 0 radical (unpaired) electrons. The quantitative estimate of drug-likeness (QED) is 0.0878. The first-order chi connectivity index (χ1) is 16.6. The third-order valence-electron chi connectivity index (χ3n) is 6.76. The number of allylic oxidation sites excluding steroid dienone is 2. The molecule has 2 heterocycles. The zero-order valence-electron chi connectivity index (χ0n) is 21.0. The van der Waals surface area contributed by atoms with Crippen molar-refractivity contribution in [2.75, 3.05) is 13.2 Å². The fraction of sp³-hybridized carbons (Fsp3) is 0.769. The van der Waals surface area contributed by atoms with E-state index >= 15 is 0 Å². The highest BCUT2D eigenvalue weighted by Crippen LogP contribution is 2.38. The van der Waals surface area contributed by atoms with Crippen LogP contribution in [0.5, 0.6) is 0 Å². The Bertz CT molecular complexity index is 732. The van der Waals surface area contributed by atoms with Gasteiger partial charge in [0.15, 0.2) is 0 Å². The summed E-state index contributed by atoms with van der Waals surface area (Å²) in [5.41, 5.74) is 0.697. The lowest BCUT2D eigenvalue weighted by molar-refractivity contribution is -0.165. The third kappa shape index (κ3) is 10.4. The van der Waals surface area contributed by atoms with Gasteiger partial charge in [-0.2, -0.15) is 0 Å². The molecule has 0 aromatic rings. The summed E-state index contributed by atoms with van der Waals surface area (Å²) >= 11 is 0. The lowest BCUT2D eigenvalue weighted by Gasteiger charge is -2.38. The Balaban J connectivity index is 1.64. The van der Waals surface area contributed by atoms with Gasteiger partial charge < -0.3 is 34.6 Å². The summed E-state index contributed by atoms with van der Waals surface area (Å²) in [6, 6.07) is 0. The van der Waals surface area contributed by atoms with Crippen molar-refractivity contribution in [3.8, 4) is 0 Å². The summed E-state index contributed by atoms with van der Waals surface area (Å²) in [7, 11) is 0. The van der Waals surface area contributed by atoms with Gasteiger partial charge in [-0.05, 0) is 52.4 Å². The molecule has 9 heteroatoms. The van der Waals surface area contributed by atoms with Gasteiger partial charge in [-0.15, -0.1) is 0 Å². The normalized spacial score (nSPS) is 30.7. The number of epoxide rings is 1. The number of hydrogen-bond donors (Lipinski definition) is 4. The van der Waals surface area contributed by atoms with E-state index < -0.39 is 36.4 Å². The minimum Gasteiger partial charge on any atom is -0.481 e. The Hall–Kier alpha value is -1.78. The van der Waals surface area contributed by atoms with Crippen molar-refractivity contribution in [3.05, 3.63) is 23.8 Å². The number of carbonyl (C=O) groups is 2. The topological polar surface area (TPSA) is 146 Å². The Morgan fingerprint density at radius 3 is 2.49 bits per heavy atom. The molecule has 0 aliphatic carbocycles. The number of esters is 1. The average Bonchev–Trinajstić information content (AvgIpc) is 3.55. The number of carboxylic acid groups (broad SMARTS) is 1. The van der Waals surface area contributed by atoms with E-state index in [-0.39, 0.29) is 30.5 Å². The van der Waals surface area contributed by atoms with Crippen LogP contribution in [0.2, 0.25) is 0 Å². The lowest BCUT2D eigenvalue weighted by atomic mass is 9.85. The number of carboxylic acids is 1. The predicted octanol–water partition coefficient (Wildman–Crippen LogP) is 2.37. The van der Waals surface area contributed by atoms with Gasteiger partial charge >= 0.3 is 11.9 Å². The van der Waals surface area contributed by atoms with Crippen molar-refractivity contribution in [1.82, 2.24) is 0 Å². The van der Waals surface area contributed by atoms with Gasteiger partial charge in [-0.3, -0.25) is 4.79 Å². The van der Waals surface area contributed by atoms with E-state index in [4.69, 9.17) is 19.3 Å².